The third-order valence-corrected chi connectivity index (χ3v) is 6.92. The normalized spacial score (nSPS) is 24.5. The molecule has 5 nitrogen and oxygen atoms in total. The molecule has 106 valence electrons. The number of hydrogen-bond acceptors (Lipinski definition) is 5. The lowest BCUT2D eigenvalue weighted by atomic mass is 10.3. The zero-order valence-corrected chi connectivity index (χ0v) is 12.2. The zero-order valence-electron chi connectivity index (χ0n) is 10.6. The second-order valence-electron chi connectivity index (χ2n) is 4.92. The number of hydrogen-bond donors (Lipinski definition) is 1. The highest BCUT2D eigenvalue weighted by Gasteiger charge is 2.36. The molecule has 1 fully saturated rings. The summed E-state index contributed by atoms with van der Waals surface area (Å²) in [6, 6.07) is 5.00. The zero-order chi connectivity index (χ0) is 14.3. The van der Waals surface area contributed by atoms with E-state index in [-0.39, 0.29) is 15.8 Å². The van der Waals surface area contributed by atoms with Crippen LogP contribution in [0.5, 0.6) is 0 Å². The van der Waals surface area contributed by atoms with E-state index in [0.29, 0.717) is 12.8 Å². The van der Waals surface area contributed by atoms with Gasteiger partial charge in [-0.25, -0.2) is 16.8 Å². The molecule has 1 saturated carbocycles. The Morgan fingerprint density at radius 1 is 1.00 bits per heavy atom. The van der Waals surface area contributed by atoms with Gasteiger partial charge in [-0.05, 0) is 37.1 Å². The quantitative estimate of drug-likeness (QED) is 0.889. The van der Waals surface area contributed by atoms with Crippen molar-refractivity contribution in [3.05, 3.63) is 24.3 Å². The van der Waals surface area contributed by atoms with Gasteiger partial charge in [-0.2, -0.15) is 0 Å². The third-order valence-electron chi connectivity index (χ3n) is 3.48. The van der Waals surface area contributed by atoms with Gasteiger partial charge in [-0.1, -0.05) is 6.42 Å². The van der Waals surface area contributed by atoms with Crippen LogP contribution in [0.4, 0.5) is 0 Å². The van der Waals surface area contributed by atoms with Crippen molar-refractivity contribution in [1.82, 2.24) is 0 Å². The van der Waals surface area contributed by atoms with Crippen molar-refractivity contribution in [3.63, 3.8) is 0 Å². The van der Waals surface area contributed by atoms with Crippen LogP contribution >= 0.6 is 0 Å². The summed E-state index contributed by atoms with van der Waals surface area (Å²) in [6.45, 7) is 0. The molecule has 2 rings (SSSR count). The monoisotopic (exact) mass is 303 g/mol. The molecule has 1 aromatic rings. The van der Waals surface area contributed by atoms with Crippen molar-refractivity contribution >= 4 is 19.7 Å². The van der Waals surface area contributed by atoms with Gasteiger partial charge in [0.1, 0.15) is 0 Å². The predicted octanol–water partition coefficient (Wildman–Crippen LogP) is 0.744. The Balaban J connectivity index is 2.37. The minimum Gasteiger partial charge on any atom is -0.327 e. The summed E-state index contributed by atoms with van der Waals surface area (Å²) in [7, 11) is -6.78. The van der Waals surface area contributed by atoms with E-state index in [9.17, 15) is 16.8 Å². The van der Waals surface area contributed by atoms with Crippen LogP contribution in [-0.2, 0) is 19.7 Å². The summed E-state index contributed by atoms with van der Waals surface area (Å²) in [4.78, 5) is 0.254. The molecule has 2 atom stereocenters. The highest BCUT2D eigenvalue weighted by molar-refractivity contribution is 7.92. The van der Waals surface area contributed by atoms with Crippen molar-refractivity contribution in [2.75, 3.05) is 6.26 Å². The number of nitrogens with two attached hydrogens (primary N) is 1. The molecule has 19 heavy (non-hydrogen) atoms. The average Bonchev–Trinajstić information content (AvgIpc) is 2.75. The Labute approximate surface area is 113 Å². The molecule has 0 aromatic heterocycles. The lowest BCUT2D eigenvalue weighted by molar-refractivity contribution is 0.567. The molecule has 0 amide bonds. The second-order valence-corrected chi connectivity index (χ2v) is 9.10. The Morgan fingerprint density at radius 3 is 1.95 bits per heavy atom. The van der Waals surface area contributed by atoms with Gasteiger partial charge in [0.15, 0.2) is 19.7 Å². The molecule has 1 aromatic carbocycles. The van der Waals surface area contributed by atoms with Gasteiger partial charge in [-0.15, -0.1) is 0 Å². The molecule has 7 heteroatoms. The van der Waals surface area contributed by atoms with E-state index in [4.69, 9.17) is 5.73 Å². The maximum absolute atomic E-state index is 12.4. The molecule has 1 aliphatic carbocycles. The molecule has 2 unspecified atom stereocenters. The highest BCUT2D eigenvalue weighted by atomic mass is 32.2. The summed E-state index contributed by atoms with van der Waals surface area (Å²) in [5.74, 6) is 0. The molecule has 0 saturated heterocycles. The SMILES string of the molecule is CS(=O)(=O)c1ccc(S(=O)(=O)C2CCCC2N)cc1. The minimum atomic E-state index is -3.47. The Kier molecular flexibility index (Phi) is 3.72. The molecule has 0 spiro atoms. The third kappa shape index (κ3) is 2.82. The largest absolute Gasteiger partial charge is 0.327 e. The Bertz CT molecular complexity index is 662. The minimum absolute atomic E-state index is 0.113. The van der Waals surface area contributed by atoms with Gasteiger partial charge in [-0.3, -0.25) is 0 Å². The van der Waals surface area contributed by atoms with Crippen molar-refractivity contribution in [1.29, 1.82) is 0 Å². The van der Waals surface area contributed by atoms with Gasteiger partial charge < -0.3 is 5.73 Å². The van der Waals surface area contributed by atoms with E-state index in [0.717, 1.165) is 12.7 Å². The smallest absolute Gasteiger partial charge is 0.182 e. The van der Waals surface area contributed by atoms with Crippen LogP contribution in [0.3, 0.4) is 0 Å². The van der Waals surface area contributed by atoms with Crippen molar-refractivity contribution in [3.8, 4) is 0 Å². The van der Waals surface area contributed by atoms with E-state index in [1.165, 1.54) is 24.3 Å². The maximum Gasteiger partial charge on any atom is 0.182 e. The predicted molar refractivity (Wildman–Crippen MR) is 72.4 cm³/mol. The summed E-state index contributed by atoms with van der Waals surface area (Å²) in [6.07, 6.45) is 3.18. The van der Waals surface area contributed by atoms with Gasteiger partial charge in [0, 0.05) is 12.3 Å². The fourth-order valence-corrected chi connectivity index (χ4v) is 4.96. The van der Waals surface area contributed by atoms with Crippen LogP contribution in [-0.4, -0.2) is 34.4 Å². The van der Waals surface area contributed by atoms with E-state index in [1.54, 1.807) is 0 Å². The number of sulfone groups is 2. The molecule has 1 aliphatic rings. The van der Waals surface area contributed by atoms with Crippen LogP contribution < -0.4 is 5.73 Å². The first-order valence-electron chi connectivity index (χ1n) is 6.02. The first-order valence-corrected chi connectivity index (χ1v) is 9.46. The van der Waals surface area contributed by atoms with Gasteiger partial charge in [0.2, 0.25) is 0 Å². The molecular formula is C12H17NO4S2. The fraction of sp³-hybridized carbons (Fsp3) is 0.500. The van der Waals surface area contributed by atoms with Crippen molar-refractivity contribution < 1.29 is 16.8 Å². The first kappa shape index (κ1) is 14.5. The van der Waals surface area contributed by atoms with E-state index < -0.39 is 24.9 Å². The highest BCUT2D eigenvalue weighted by Crippen LogP contribution is 2.29. The summed E-state index contributed by atoms with van der Waals surface area (Å²) in [5.41, 5.74) is 5.83. The van der Waals surface area contributed by atoms with E-state index in [2.05, 4.69) is 0 Å². The molecule has 0 bridgehead atoms. The number of rotatable bonds is 3. The van der Waals surface area contributed by atoms with Gasteiger partial charge >= 0.3 is 0 Å². The maximum atomic E-state index is 12.4. The van der Waals surface area contributed by atoms with E-state index in [1.807, 2.05) is 0 Å². The standard InChI is InChI=1S/C12H17NO4S2/c1-18(14,15)9-5-7-10(8-6-9)19(16,17)12-4-2-3-11(12)13/h5-8,11-12H,2-4,13H2,1H3. The van der Waals surface area contributed by atoms with E-state index >= 15 is 0 Å². The topological polar surface area (TPSA) is 94.3 Å². The van der Waals surface area contributed by atoms with Crippen LogP contribution in [0.25, 0.3) is 0 Å². The number of benzene rings is 1. The lowest BCUT2D eigenvalue weighted by Crippen LogP contribution is -2.35. The van der Waals surface area contributed by atoms with Crippen LogP contribution in [0.15, 0.2) is 34.1 Å². The molecular weight excluding hydrogens is 286 g/mol. The van der Waals surface area contributed by atoms with Gasteiger partial charge in [0.05, 0.1) is 15.0 Å². The lowest BCUT2D eigenvalue weighted by Gasteiger charge is -2.16. The summed E-state index contributed by atoms with van der Waals surface area (Å²) >= 11 is 0. The average molecular weight is 303 g/mol. The summed E-state index contributed by atoms with van der Waals surface area (Å²) < 4.78 is 47.4. The fourth-order valence-electron chi connectivity index (χ4n) is 2.39. The van der Waals surface area contributed by atoms with Crippen LogP contribution in [0, 0.1) is 0 Å². The van der Waals surface area contributed by atoms with Crippen LogP contribution in [0.2, 0.25) is 0 Å². The molecule has 0 radical (unpaired) electrons. The Morgan fingerprint density at radius 2 is 1.53 bits per heavy atom. The molecule has 2 N–H and O–H groups in total. The Hall–Kier alpha value is -0.920. The van der Waals surface area contributed by atoms with Crippen molar-refractivity contribution in [2.24, 2.45) is 5.73 Å². The van der Waals surface area contributed by atoms with Crippen LogP contribution in [0.1, 0.15) is 19.3 Å². The first-order chi connectivity index (χ1) is 8.73. The van der Waals surface area contributed by atoms with Gasteiger partial charge in [0.25, 0.3) is 0 Å². The molecule has 0 heterocycles. The molecule has 0 aliphatic heterocycles. The summed E-state index contributed by atoms with van der Waals surface area (Å²) in [5, 5.41) is -0.559. The van der Waals surface area contributed by atoms with Crippen molar-refractivity contribution in [2.45, 2.75) is 40.3 Å². The second kappa shape index (κ2) is 4.88.